The molecule has 0 bridgehead atoms. The van der Waals surface area contributed by atoms with Gasteiger partial charge in [0.1, 0.15) is 19.3 Å². The molecule has 1 aliphatic carbocycles. The summed E-state index contributed by atoms with van der Waals surface area (Å²) in [6, 6.07) is 15.0. The van der Waals surface area contributed by atoms with Gasteiger partial charge in [-0.3, -0.25) is 4.79 Å². The van der Waals surface area contributed by atoms with Crippen LogP contribution in [0.25, 0.3) is 11.1 Å². The molecule has 7 nitrogen and oxygen atoms in total. The first-order valence-electron chi connectivity index (χ1n) is 13.6. The van der Waals surface area contributed by atoms with Gasteiger partial charge in [0.15, 0.2) is 0 Å². The average molecular weight is 542 g/mol. The first-order chi connectivity index (χ1) is 18.5. The number of carboxylic acid groups (broad SMARTS) is 1. The monoisotopic (exact) mass is 541 g/mol. The van der Waals surface area contributed by atoms with Crippen molar-refractivity contribution >= 4 is 29.8 Å². The highest BCUT2D eigenvalue weighted by Gasteiger charge is 2.29. The van der Waals surface area contributed by atoms with E-state index >= 15 is 0 Å². The Kier molecular flexibility index (Phi) is 12.5. The molecule has 2 N–H and O–H groups in total. The summed E-state index contributed by atoms with van der Waals surface area (Å²) < 4.78 is 10.7. The van der Waals surface area contributed by atoms with E-state index in [-0.39, 0.29) is 30.9 Å². The summed E-state index contributed by atoms with van der Waals surface area (Å²) >= 11 is 1.31. The fourth-order valence-electron chi connectivity index (χ4n) is 4.67. The molecule has 0 unspecified atom stereocenters. The van der Waals surface area contributed by atoms with Crippen molar-refractivity contribution in [2.45, 2.75) is 70.3 Å². The third-order valence-electron chi connectivity index (χ3n) is 6.69. The third-order valence-corrected chi connectivity index (χ3v) is 7.72. The van der Waals surface area contributed by atoms with Gasteiger partial charge in [-0.15, -0.1) is 0 Å². The average Bonchev–Trinajstić information content (AvgIpc) is 3.24. The van der Waals surface area contributed by atoms with Gasteiger partial charge < -0.3 is 19.9 Å². The topological polar surface area (TPSA) is 102 Å². The molecule has 0 radical (unpaired) electrons. The predicted octanol–water partition coefficient (Wildman–Crippen LogP) is 6.40. The lowest BCUT2D eigenvalue weighted by atomic mass is 9.98. The minimum absolute atomic E-state index is 0.0958. The number of alkyl carbamates (subject to hydrolysis) is 1. The summed E-state index contributed by atoms with van der Waals surface area (Å²) in [5, 5.41) is 12.0. The van der Waals surface area contributed by atoms with Gasteiger partial charge in [-0.25, -0.2) is 9.59 Å². The van der Waals surface area contributed by atoms with Crippen LogP contribution in [0.3, 0.4) is 0 Å². The maximum Gasteiger partial charge on any atom is 0.407 e. The Labute approximate surface area is 229 Å². The minimum Gasteiger partial charge on any atom is -0.480 e. The number of carbonyl (C=O) groups is 3. The fourth-order valence-corrected chi connectivity index (χ4v) is 5.50. The molecule has 38 heavy (non-hydrogen) atoms. The summed E-state index contributed by atoms with van der Waals surface area (Å²) in [4.78, 5) is 36.0. The largest absolute Gasteiger partial charge is 0.480 e. The number of fused-ring (bicyclic) bond motifs is 3. The van der Waals surface area contributed by atoms with Crippen molar-refractivity contribution in [2.75, 3.05) is 24.7 Å². The Hall–Kier alpha value is -3.00. The molecule has 1 aliphatic rings. The smallest absolute Gasteiger partial charge is 0.407 e. The first kappa shape index (κ1) is 29.6. The number of unbranched alkanes of at least 4 members (excludes halogenated alkanes) is 6. The lowest BCUT2D eigenvalue weighted by Gasteiger charge is -2.17. The van der Waals surface area contributed by atoms with Gasteiger partial charge in [0.2, 0.25) is 0 Å². The quantitative estimate of drug-likeness (QED) is 0.177. The molecule has 8 heteroatoms. The van der Waals surface area contributed by atoms with Crippen molar-refractivity contribution < 1.29 is 29.0 Å². The highest BCUT2D eigenvalue weighted by Crippen LogP contribution is 2.44. The number of ether oxygens (including phenoxy) is 2. The van der Waals surface area contributed by atoms with Crippen LogP contribution < -0.4 is 5.32 Å². The SMILES string of the molecule is CCCCCCCCCC(=O)OCCSC[C@H](NC(=O)OCC1c2ccccc2-c2ccccc21)C(=O)O. The number of amides is 1. The van der Waals surface area contributed by atoms with Crippen LogP contribution in [0.1, 0.15) is 75.3 Å². The number of aliphatic carboxylic acids is 1. The van der Waals surface area contributed by atoms with Crippen LogP contribution in [-0.2, 0) is 19.1 Å². The van der Waals surface area contributed by atoms with E-state index in [1.165, 1.54) is 37.4 Å². The van der Waals surface area contributed by atoms with Crippen LogP contribution in [-0.4, -0.2) is 53.9 Å². The molecule has 1 amide bonds. The van der Waals surface area contributed by atoms with Crippen LogP contribution in [0.15, 0.2) is 48.5 Å². The molecule has 3 rings (SSSR count). The Morgan fingerprint density at radius 1 is 0.895 bits per heavy atom. The second-order valence-electron chi connectivity index (χ2n) is 9.53. The van der Waals surface area contributed by atoms with Gasteiger partial charge in [-0.1, -0.05) is 94.0 Å². The zero-order valence-corrected chi connectivity index (χ0v) is 23.0. The molecule has 0 saturated heterocycles. The summed E-state index contributed by atoms with van der Waals surface area (Å²) in [7, 11) is 0. The minimum atomic E-state index is -1.14. The van der Waals surface area contributed by atoms with Crippen LogP contribution in [0, 0.1) is 0 Å². The van der Waals surface area contributed by atoms with Crippen molar-refractivity contribution in [1.29, 1.82) is 0 Å². The van der Waals surface area contributed by atoms with Crippen molar-refractivity contribution in [2.24, 2.45) is 0 Å². The number of rotatable bonds is 17. The summed E-state index contributed by atoms with van der Waals surface area (Å²) in [6.07, 6.45) is 7.64. The van der Waals surface area contributed by atoms with Gasteiger partial charge in [0.05, 0.1) is 0 Å². The van der Waals surface area contributed by atoms with E-state index in [0.29, 0.717) is 12.2 Å². The molecule has 2 aromatic carbocycles. The summed E-state index contributed by atoms with van der Waals surface area (Å²) in [5.74, 6) is -0.845. The fraction of sp³-hybridized carbons (Fsp3) is 0.500. The zero-order valence-electron chi connectivity index (χ0n) is 22.2. The van der Waals surface area contributed by atoms with Crippen LogP contribution in [0.5, 0.6) is 0 Å². The molecule has 2 aromatic rings. The van der Waals surface area contributed by atoms with Crippen LogP contribution in [0.2, 0.25) is 0 Å². The zero-order chi connectivity index (χ0) is 27.2. The molecule has 0 heterocycles. The molecule has 0 saturated carbocycles. The van der Waals surface area contributed by atoms with Crippen LogP contribution >= 0.6 is 11.8 Å². The Bertz CT molecular complexity index is 1010. The lowest BCUT2D eigenvalue weighted by molar-refractivity contribution is -0.143. The molecular formula is C30H39NO6S. The number of carboxylic acids is 1. The standard InChI is InChI=1S/C30H39NO6S/c1-2-3-4-5-6-7-8-17-28(32)36-18-19-38-21-27(29(33)34)31-30(35)37-20-26-24-15-11-9-13-22(24)23-14-10-12-16-25(23)26/h9-16,26-27H,2-8,17-21H2,1H3,(H,31,35)(H,33,34)/t27-/m0/s1. The predicted molar refractivity (Wildman–Crippen MR) is 151 cm³/mol. The number of thioether (sulfide) groups is 1. The normalized spacial score (nSPS) is 12.9. The van der Waals surface area contributed by atoms with Crippen molar-refractivity contribution in [3.8, 4) is 11.1 Å². The van der Waals surface area contributed by atoms with E-state index in [2.05, 4.69) is 24.4 Å². The maximum absolute atomic E-state index is 12.4. The van der Waals surface area contributed by atoms with E-state index in [1.807, 2.05) is 36.4 Å². The maximum atomic E-state index is 12.4. The molecule has 1 atom stereocenters. The summed E-state index contributed by atoms with van der Waals surface area (Å²) in [5.41, 5.74) is 4.43. The number of benzene rings is 2. The number of esters is 1. The van der Waals surface area contributed by atoms with E-state index in [1.54, 1.807) is 0 Å². The molecule has 206 valence electrons. The Balaban J connectivity index is 1.33. The van der Waals surface area contributed by atoms with Gasteiger partial charge in [0.25, 0.3) is 0 Å². The number of carbonyl (C=O) groups excluding carboxylic acids is 2. The highest BCUT2D eigenvalue weighted by molar-refractivity contribution is 7.99. The molecule has 0 spiro atoms. The van der Waals surface area contributed by atoms with Crippen molar-refractivity contribution in [3.63, 3.8) is 0 Å². The second kappa shape index (κ2) is 16.1. The molecule has 0 aliphatic heterocycles. The van der Waals surface area contributed by atoms with Gasteiger partial charge in [-0.2, -0.15) is 11.8 Å². The Morgan fingerprint density at radius 2 is 1.50 bits per heavy atom. The molecule has 0 aromatic heterocycles. The number of hydrogen-bond acceptors (Lipinski definition) is 6. The summed E-state index contributed by atoms with van der Waals surface area (Å²) in [6.45, 7) is 2.53. The molecule has 0 fully saturated rings. The van der Waals surface area contributed by atoms with Crippen LogP contribution in [0.4, 0.5) is 4.79 Å². The van der Waals surface area contributed by atoms with Gasteiger partial charge in [-0.05, 0) is 28.7 Å². The van der Waals surface area contributed by atoms with E-state index in [0.717, 1.165) is 41.5 Å². The molecular weight excluding hydrogens is 502 g/mol. The number of nitrogens with one attached hydrogen (secondary N) is 1. The third kappa shape index (κ3) is 9.08. The van der Waals surface area contributed by atoms with Crippen molar-refractivity contribution in [3.05, 3.63) is 59.7 Å². The highest BCUT2D eigenvalue weighted by atomic mass is 32.2. The van der Waals surface area contributed by atoms with E-state index in [9.17, 15) is 19.5 Å². The van der Waals surface area contributed by atoms with E-state index < -0.39 is 18.1 Å². The lowest BCUT2D eigenvalue weighted by Crippen LogP contribution is -2.43. The van der Waals surface area contributed by atoms with E-state index in [4.69, 9.17) is 9.47 Å². The van der Waals surface area contributed by atoms with Gasteiger partial charge in [0, 0.05) is 23.8 Å². The Morgan fingerprint density at radius 3 is 2.13 bits per heavy atom. The number of hydrogen-bond donors (Lipinski definition) is 2. The second-order valence-corrected chi connectivity index (χ2v) is 10.7. The van der Waals surface area contributed by atoms with Gasteiger partial charge >= 0.3 is 18.0 Å². The van der Waals surface area contributed by atoms with Crippen molar-refractivity contribution in [1.82, 2.24) is 5.32 Å². The first-order valence-corrected chi connectivity index (χ1v) is 14.7.